The highest BCUT2D eigenvalue weighted by Crippen LogP contribution is 2.18. The van der Waals surface area contributed by atoms with E-state index in [9.17, 15) is 9.18 Å². The number of carbonyl (C=O) groups is 1. The number of urea groups is 1. The molecule has 2 N–H and O–H groups in total. The van der Waals surface area contributed by atoms with Crippen LogP contribution in [0.5, 0.6) is 0 Å². The second-order valence-corrected chi connectivity index (χ2v) is 6.16. The zero-order chi connectivity index (χ0) is 20.9. The first kappa shape index (κ1) is 18.8. The summed E-state index contributed by atoms with van der Waals surface area (Å²) < 4.78 is 16.9. The highest BCUT2D eigenvalue weighted by Gasteiger charge is 2.12. The van der Waals surface area contributed by atoms with Crippen molar-refractivity contribution in [2.45, 2.75) is 6.54 Å². The Bertz CT molecular complexity index is 1230. The van der Waals surface area contributed by atoms with Crippen LogP contribution in [0.3, 0.4) is 0 Å². The Balaban J connectivity index is 1.43. The van der Waals surface area contributed by atoms with Gasteiger partial charge in [-0.25, -0.2) is 23.8 Å². The Hall–Kier alpha value is -4.52. The van der Waals surface area contributed by atoms with Crippen LogP contribution in [0.2, 0.25) is 0 Å². The Morgan fingerprint density at radius 3 is 2.87 bits per heavy atom. The number of amides is 2. The Kier molecular flexibility index (Phi) is 5.17. The van der Waals surface area contributed by atoms with Crippen LogP contribution < -0.4 is 10.6 Å². The summed E-state index contributed by atoms with van der Waals surface area (Å²) in [6, 6.07) is 10.8. The first-order valence-corrected chi connectivity index (χ1v) is 8.87. The number of rotatable bonds is 5. The average molecular weight is 402 g/mol. The number of nitrogens with zero attached hydrogens (tertiary/aromatic N) is 6. The van der Waals surface area contributed by atoms with Crippen molar-refractivity contribution in [1.82, 2.24) is 29.6 Å². The lowest BCUT2D eigenvalue weighted by Crippen LogP contribution is -2.29. The zero-order valence-corrected chi connectivity index (χ0v) is 15.5. The molecule has 3 aromatic heterocycles. The number of carbonyl (C=O) groups excluding carboxylic acids is 1. The fraction of sp³-hybridized carbons (Fsp3) is 0.0500. The minimum absolute atomic E-state index is 0.125. The molecule has 0 saturated heterocycles. The molecular formula is C20H15FN8O. The van der Waals surface area contributed by atoms with Gasteiger partial charge >= 0.3 is 6.03 Å². The van der Waals surface area contributed by atoms with Crippen LogP contribution in [0.1, 0.15) is 11.1 Å². The maximum absolute atomic E-state index is 13.8. The second kappa shape index (κ2) is 8.24. The van der Waals surface area contributed by atoms with Crippen LogP contribution >= 0.6 is 0 Å². The van der Waals surface area contributed by atoms with E-state index >= 15 is 0 Å². The van der Waals surface area contributed by atoms with Gasteiger partial charge < -0.3 is 5.32 Å². The Morgan fingerprint density at radius 2 is 2.07 bits per heavy atom. The highest BCUT2D eigenvalue weighted by atomic mass is 19.1. The van der Waals surface area contributed by atoms with Crippen molar-refractivity contribution in [1.29, 1.82) is 5.26 Å². The second-order valence-electron chi connectivity index (χ2n) is 6.16. The molecule has 0 spiro atoms. The molecule has 4 aromatic rings. The number of nitriles is 1. The van der Waals surface area contributed by atoms with Crippen molar-refractivity contribution in [3.63, 3.8) is 0 Å². The van der Waals surface area contributed by atoms with Crippen LogP contribution in [0.25, 0.3) is 11.5 Å². The zero-order valence-electron chi connectivity index (χ0n) is 15.5. The van der Waals surface area contributed by atoms with Gasteiger partial charge in [-0.2, -0.15) is 5.26 Å². The number of nitrogens with one attached hydrogen (secondary N) is 2. The Labute approximate surface area is 170 Å². The third-order valence-electron chi connectivity index (χ3n) is 4.24. The number of anilines is 1. The molecule has 30 heavy (non-hydrogen) atoms. The third-order valence-corrected chi connectivity index (χ3v) is 4.24. The van der Waals surface area contributed by atoms with E-state index in [2.05, 4.69) is 25.7 Å². The van der Waals surface area contributed by atoms with Crippen LogP contribution in [0.4, 0.5) is 15.0 Å². The molecule has 1 aromatic carbocycles. The van der Waals surface area contributed by atoms with Crippen molar-refractivity contribution < 1.29 is 9.18 Å². The maximum atomic E-state index is 13.8. The topological polar surface area (TPSA) is 113 Å². The molecule has 0 aliphatic heterocycles. The fourth-order valence-corrected chi connectivity index (χ4v) is 2.86. The average Bonchev–Trinajstić information content (AvgIpc) is 3.45. The normalized spacial score (nSPS) is 10.4. The minimum atomic E-state index is -0.636. The third kappa shape index (κ3) is 3.85. The van der Waals surface area contributed by atoms with Gasteiger partial charge in [0.05, 0.1) is 5.69 Å². The number of hydrogen-bond acceptors (Lipinski definition) is 5. The summed E-state index contributed by atoms with van der Waals surface area (Å²) in [7, 11) is 0. The summed E-state index contributed by atoms with van der Waals surface area (Å²) in [6.45, 7) is 0.233. The van der Waals surface area contributed by atoms with Crippen LogP contribution in [0, 0.1) is 17.1 Å². The molecule has 148 valence electrons. The van der Waals surface area contributed by atoms with Crippen LogP contribution in [-0.4, -0.2) is 30.3 Å². The predicted octanol–water partition coefficient (Wildman–Crippen LogP) is 2.79. The summed E-state index contributed by atoms with van der Waals surface area (Å²) in [4.78, 5) is 20.6. The molecule has 0 aliphatic carbocycles. The highest BCUT2D eigenvalue weighted by molar-refractivity contribution is 5.88. The van der Waals surface area contributed by atoms with Crippen LogP contribution in [0.15, 0.2) is 67.5 Å². The number of hydrogen-bond donors (Lipinski definition) is 2. The predicted molar refractivity (Wildman–Crippen MR) is 105 cm³/mol. The molecule has 0 unspecified atom stereocenters. The van der Waals surface area contributed by atoms with Gasteiger partial charge in [-0.15, -0.1) is 5.10 Å². The van der Waals surface area contributed by atoms with E-state index < -0.39 is 11.8 Å². The SMILES string of the molecule is N#Cc1c(F)cccc1-n1ccc(NC(=O)NCc2cccnc2-n2ccnc2)n1. The van der Waals surface area contributed by atoms with Crippen LogP contribution in [-0.2, 0) is 6.54 Å². The van der Waals surface area contributed by atoms with Gasteiger partial charge in [-0.1, -0.05) is 12.1 Å². The van der Waals surface area contributed by atoms with E-state index in [1.807, 2.05) is 12.1 Å². The van der Waals surface area contributed by atoms with Crippen molar-refractivity contribution in [3.05, 3.63) is 84.5 Å². The van der Waals surface area contributed by atoms with Gasteiger partial charge in [-0.3, -0.25) is 9.88 Å². The smallest absolute Gasteiger partial charge is 0.320 e. The van der Waals surface area contributed by atoms with Gasteiger partial charge in [0, 0.05) is 43.0 Å². The van der Waals surface area contributed by atoms with Crippen molar-refractivity contribution >= 4 is 11.8 Å². The van der Waals surface area contributed by atoms with E-state index in [4.69, 9.17) is 5.26 Å². The standard InChI is InChI=1S/C20H15FN8O/c21-16-4-1-5-17(15(16)11-22)29-9-6-18(27-29)26-20(30)25-12-14-3-2-7-24-19(14)28-10-8-23-13-28/h1-10,13H,12H2,(H2,25,26,27,30). The van der Waals surface area contributed by atoms with Gasteiger partial charge in [0.1, 0.15) is 29.6 Å². The first-order valence-electron chi connectivity index (χ1n) is 8.87. The largest absolute Gasteiger partial charge is 0.334 e. The maximum Gasteiger partial charge on any atom is 0.320 e. The molecule has 10 heteroatoms. The summed E-state index contributed by atoms with van der Waals surface area (Å²) in [6.07, 6.45) is 8.23. The van der Waals surface area contributed by atoms with E-state index in [1.54, 1.807) is 47.7 Å². The molecule has 4 rings (SSSR count). The molecule has 3 heterocycles. The summed E-state index contributed by atoms with van der Waals surface area (Å²) in [5, 5.41) is 18.7. The molecule has 0 aliphatic rings. The monoisotopic (exact) mass is 402 g/mol. The van der Waals surface area contributed by atoms with Gasteiger partial charge in [0.25, 0.3) is 0 Å². The molecule has 0 saturated carbocycles. The lowest BCUT2D eigenvalue weighted by molar-refractivity contribution is 0.251. The quantitative estimate of drug-likeness (QED) is 0.533. The molecule has 9 nitrogen and oxygen atoms in total. The lowest BCUT2D eigenvalue weighted by Gasteiger charge is -2.10. The number of benzene rings is 1. The molecule has 0 fully saturated rings. The van der Waals surface area contributed by atoms with Gasteiger partial charge in [-0.05, 0) is 18.2 Å². The fourth-order valence-electron chi connectivity index (χ4n) is 2.86. The number of imidazole rings is 1. The summed E-state index contributed by atoms with van der Waals surface area (Å²) in [5.74, 6) is 0.277. The number of halogens is 1. The van der Waals surface area contributed by atoms with E-state index in [1.165, 1.54) is 23.0 Å². The molecule has 0 radical (unpaired) electrons. The minimum Gasteiger partial charge on any atom is -0.334 e. The van der Waals surface area contributed by atoms with Crippen molar-refractivity contribution in [2.75, 3.05) is 5.32 Å². The number of pyridine rings is 1. The van der Waals surface area contributed by atoms with E-state index in [0.717, 1.165) is 5.56 Å². The van der Waals surface area contributed by atoms with E-state index in [-0.39, 0.29) is 23.6 Å². The molecule has 2 amide bonds. The van der Waals surface area contributed by atoms with Crippen molar-refractivity contribution in [3.8, 4) is 17.6 Å². The molecule has 0 atom stereocenters. The number of aromatic nitrogens is 5. The van der Waals surface area contributed by atoms with E-state index in [0.29, 0.717) is 5.82 Å². The molecular weight excluding hydrogens is 387 g/mol. The van der Waals surface area contributed by atoms with Gasteiger partial charge in [0.2, 0.25) is 0 Å². The lowest BCUT2D eigenvalue weighted by atomic mass is 10.2. The molecule has 0 bridgehead atoms. The summed E-state index contributed by atoms with van der Waals surface area (Å²) >= 11 is 0. The summed E-state index contributed by atoms with van der Waals surface area (Å²) in [5.41, 5.74) is 0.959. The van der Waals surface area contributed by atoms with Crippen molar-refractivity contribution in [2.24, 2.45) is 0 Å². The Morgan fingerprint density at radius 1 is 1.17 bits per heavy atom. The first-order chi connectivity index (χ1) is 14.7. The van der Waals surface area contributed by atoms with Gasteiger partial charge in [0.15, 0.2) is 5.82 Å².